The van der Waals surface area contributed by atoms with E-state index in [1.165, 1.54) is 29.5 Å². The maximum atomic E-state index is 11.6. The van der Waals surface area contributed by atoms with Crippen LogP contribution in [0.1, 0.15) is 18.4 Å². The van der Waals surface area contributed by atoms with Gasteiger partial charge in [-0.3, -0.25) is 15.5 Å². The summed E-state index contributed by atoms with van der Waals surface area (Å²) in [7, 11) is 0. The van der Waals surface area contributed by atoms with Crippen LogP contribution in [0.4, 0.5) is 10.8 Å². The van der Waals surface area contributed by atoms with Gasteiger partial charge in [0.25, 0.3) is 5.69 Å². The fraction of sp³-hybridized carbons (Fsp3) is 0.227. The lowest BCUT2D eigenvalue weighted by molar-refractivity contribution is -0.385. The average molecular weight is 496 g/mol. The predicted molar refractivity (Wildman–Crippen MR) is 132 cm³/mol. The maximum absolute atomic E-state index is 11.6. The number of nitrogens with zero attached hydrogens (tertiary/aromatic N) is 6. The Morgan fingerprint density at radius 2 is 2.00 bits per heavy atom. The molecule has 13 heteroatoms. The van der Waals surface area contributed by atoms with E-state index in [0.29, 0.717) is 29.7 Å². The van der Waals surface area contributed by atoms with E-state index < -0.39 is 10.9 Å². The molecule has 0 bridgehead atoms. The molecule has 0 spiro atoms. The van der Waals surface area contributed by atoms with Gasteiger partial charge in [0.05, 0.1) is 17.2 Å². The minimum Gasteiger partial charge on any atom is -0.494 e. The second kappa shape index (κ2) is 12.7. The molecule has 0 atom stereocenters. The summed E-state index contributed by atoms with van der Waals surface area (Å²) in [6, 6.07) is 13.3. The molecule has 0 saturated heterocycles. The number of anilines is 1. The van der Waals surface area contributed by atoms with Gasteiger partial charge in [0.2, 0.25) is 5.13 Å². The predicted octanol–water partition coefficient (Wildman–Crippen LogP) is 5.28. The topological polar surface area (TPSA) is 176 Å². The molecule has 3 rings (SSSR count). The van der Waals surface area contributed by atoms with Gasteiger partial charge in [-0.2, -0.15) is 5.10 Å². The standard InChI is InChI=1S/C22H21N7O5S/c23-28-24-11-3-4-12-34-17-9-7-15(8-10-17)19-14-35-22(25-19)27-26-18(21(30)31)13-16-5-1-2-6-20(16)29(32)33/h1-2,5-10,14H,3-4,11-13H2,(H,25,27)(H,30,31). The number of aliphatic carboxylic acids is 1. The Labute approximate surface area is 203 Å². The zero-order valence-electron chi connectivity index (χ0n) is 18.4. The number of carboxylic acids is 1. The monoisotopic (exact) mass is 495 g/mol. The van der Waals surface area contributed by atoms with E-state index in [1.807, 2.05) is 24.3 Å². The van der Waals surface area contributed by atoms with Crippen LogP contribution in [0.2, 0.25) is 0 Å². The van der Waals surface area contributed by atoms with Gasteiger partial charge in [-0.25, -0.2) is 9.78 Å². The van der Waals surface area contributed by atoms with Crippen molar-refractivity contribution < 1.29 is 19.6 Å². The lowest BCUT2D eigenvalue weighted by Gasteiger charge is -2.06. The van der Waals surface area contributed by atoms with Gasteiger partial charge >= 0.3 is 5.97 Å². The van der Waals surface area contributed by atoms with Crippen molar-refractivity contribution in [2.24, 2.45) is 10.2 Å². The van der Waals surface area contributed by atoms with Crippen molar-refractivity contribution in [3.05, 3.63) is 80.0 Å². The van der Waals surface area contributed by atoms with E-state index in [9.17, 15) is 20.0 Å². The van der Waals surface area contributed by atoms with E-state index >= 15 is 0 Å². The first-order valence-electron chi connectivity index (χ1n) is 10.5. The van der Waals surface area contributed by atoms with E-state index in [1.54, 1.807) is 11.4 Å². The largest absolute Gasteiger partial charge is 0.494 e. The molecule has 180 valence electrons. The van der Waals surface area contributed by atoms with E-state index in [0.717, 1.165) is 18.4 Å². The van der Waals surface area contributed by atoms with Crippen molar-refractivity contribution in [2.45, 2.75) is 19.3 Å². The van der Waals surface area contributed by atoms with Gasteiger partial charge < -0.3 is 9.84 Å². The molecule has 0 fully saturated rings. The number of benzene rings is 2. The Morgan fingerprint density at radius 1 is 1.23 bits per heavy atom. The number of thiazole rings is 1. The number of hydrazone groups is 1. The molecule has 0 amide bonds. The highest BCUT2D eigenvalue weighted by Gasteiger charge is 2.18. The number of azide groups is 1. The van der Waals surface area contributed by atoms with Crippen LogP contribution < -0.4 is 10.2 Å². The number of nitro groups is 1. The molecule has 3 aromatic rings. The summed E-state index contributed by atoms with van der Waals surface area (Å²) in [6.45, 7) is 0.963. The second-order valence-electron chi connectivity index (χ2n) is 7.11. The summed E-state index contributed by atoms with van der Waals surface area (Å²) in [5.74, 6) is -0.586. The van der Waals surface area contributed by atoms with Crippen molar-refractivity contribution in [1.82, 2.24) is 4.98 Å². The highest BCUT2D eigenvalue weighted by atomic mass is 32.1. The van der Waals surface area contributed by atoms with Crippen LogP contribution in [0.25, 0.3) is 21.7 Å². The number of nitro benzene ring substituents is 1. The van der Waals surface area contributed by atoms with Crippen molar-refractivity contribution in [3.63, 3.8) is 0 Å². The molecule has 2 N–H and O–H groups in total. The van der Waals surface area contributed by atoms with Gasteiger partial charge in [0, 0.05) is 40.5 Å². The second-order valence-corrected chi connectivity index (χ2v) is 7.97. The van der Waals surface area contributed by atoms with Crippen molar-refractivity contribution in [1.29, 1.82) is 0 Å². The fourth-order valence-electron chi connectivity index (χ4n) is 3.00. The molecule has 0 saturated carbocycles. The third-order valence-electron chi connectivity index (χ3n) is 4.72. The normalized spacial score (nSPS) is 10.9. The van der Waals surface area contributed by atoms with Gasteiger partial charge in [-0.05, 0) is 42.6 Å². The van der Waals surface area contributed by atoms with Gasteiger partial charge in [0.15, 0.2) is 0 Å². The fourth-order valence-corrected chi connectivity index (χ4v) is 3.66. The van der Waals surface area contributed by atoms with Crippen LogP contribution in [0, 0.1) is 10.1 Å². The Hall–Kier alpha value is -4.48. The molecule has 2 aromatic carbocycles. The Morgan fingerprint density at radius 3 is 2.71 bits per heavy atom. The minimum absolute atomic E-state index is 0.168. The Kier molecular flexibility index (Phi) is 9.11. The van der Waals surface area contributed by atoms with Crippen molar-refractivity contribution in [3.8, 4) is 17.0 Å². The van der Waals surface area contributed by atoms with Crippen molar-refractivity contribution in [2.75, 3.05) is 18.6 Å². The quantitative estimate of drug-likeness (QED) is 0.0616. The number of carboxylic acid groups (broad SMARTS) is 1. The lowest BCUT2D eigenvalue weighted by atomic mass is 10.1. The van der Waals surface area contributed by atoms with E-state index in [2.05, 4.69) is 25.5 Å². The lowest BCUT2D eigenvalue weighted by Crippen LogP contribution is -2.18. The molecule has 0 radical (unpaired) electrons. The summed E-state index contributed by atoms with van der Waals surface area (Å²) in [4.78, 5) is 29.4. The molecule has 35 heavy (non-hydrogen) atoms. The first-order valence-corrected chi connectivity index (χ1v) is 11.3. The third kappa shape index (κ3) is 7.52. The van der Waals surface area contributed by atoms with Crippen LogP contribution in [0.5, 0.6) is 5.75 Å². The zero-order valence-corrected chi connectivity index (χ0v) is 19.2. The molecule has 0 aliphatic heterocycles. The Balaban J connectivity index is 1.61. The summed E-state index contributed by atoms with van der Waals surface area (Å²) >= 11 is 1.24. The van der Waals surface area contributed by atoms with Gasteiger partial charge in [-0.1, -0.05) is 23.3 Å². The first-order chi connectivity index (χ1) is 17.0. The molecular formula is C22H21N7O5S. The average Bonchev–Trinajstić information content (AvgIpc) is 3.33. The van der Waals surface area contributed by atoms with Crippen LogP contribution in [-0.4, -0.2) is 39.8 Å². The van der Waals surface area contributed by atoms with Gasteiger partial charge in [0.1, 0.15) is 11.5 Å². The highest BCUT2D eigenvalue weighted by Crippen LogP contribution is 2.27. The summed E-state index contributed by atoms with van der Waals surface area (Å²) in [6.07, 6.45) is 1.31. The summed E-state index contributed by atoms with van der Waals surface area (Å²) < 4.78 is 5.66. The Bertz CT molecular complexity index is 1250. The molecule has 0 unspecified atom stereocenters. The number of rotatable bonds is 13. The highest BCUT2D eigenvalue weighted by molar-refractivity contribution is 7.14. The van der Waals surface area contributed by atoms with Crippen molar-refractivity contribution >= 4 is 33.8 Å². The van der Waals surface area contributed by atoms with Crippen LogP contribution in [0.3, 0.4) is 0 Å². The SMILES string of the molecule is [N-]=[N+]=NCCCCOc1ccc(-c2csc(NN=C(Cc3ccccc3[N+](=O)[O-])C(=O)O)n2)cc1. The zero-order chi connectivity index (χ0) is 25.0. The van der Waals surface area contributed by atoms with E-state index in [-0.39, 0.29) is 23.4 Å². The molecule has 0 aliphatic carbocycles. The molecular weight excluding hydrogens is 474 g/mol. The molecule has 12 nitrogen and oxygen atoms in total. The van der Waals surface area contributed by atoms with E-state index in [4.69, 9.17) is 10.3 Å². The number of hydrogen-bond donors (Lipinski definition) is 2. The number of nitrogens with one attached hydrogen (secondary N) is 1. The molecule has 1 aromatic heterocycles. The maximum Gasteiger partial charge on any atom is 0.352 e. The first kappa shape index (κ1) is 25.1. The van der Waals surface area contributed by atoms with Crippen LogP contribution in [0.15, 0.2) is 64.1 Å². The van der Waals surface area contributed by atoms with Gasteiger partial charge in [-0.15, -0.1) is 11.3 Å². The number of ether oxygens (including phenoxy) is 1. The molecule has 1 heterocycles. The third-order valence-corrected chi connectivity index (χ3v) is 5.47. The number of aromatic nitrogens is 1. The summed E-state index contributed by atoms with van der Waals surface area (Å²) in [5.41, 5.74) is 12.2. The van der Waals surface area contributed by atoms with Crippen LogP contribution >= 0.6 is 11.3 Å². The number of hydrogen-bond acceptors (Lipinski definition) is 9. The minimum atomic E-state index is -1.29. The molecule has 0 aliphatic rings. The summed E-state index contributed by atoms with van der Waals surface area (Å²) in [5, 5.41) is 30.2. The number of unbranched alkanes of at least 4 members (excludes halogenated alkanes) is 1. The number of para-hydroxylation sites is 1. The smallest absolute Gasteiger partial charge is 0.352 e. The number of carbonyl (C=O) groups is 1. The van der Waals surface area contributed by atoms with Crippen LogP contribution in [-0.2, 0) is 11.2 Å².